The summed E-state index contributed by atoms with van der Waals surface area (Å²) in [5.41, 5.74) is -1.22. The average Bonchev–Trinajstić information content (AvgIpc) is 3.72. The number of piperidine rings is 1. The van der Waals surface area contributed by atoms with Gasteiger partial charge < -0.3 is 52.2 Å². The molecule has 4 aliphatic rings. The zero-order valence-electron chi connectivity index (χ0n) is 31.4. The molecule has 5 unspecified atom stereocenters. The van der Waals surface area contributed by atoms with Gasteiger partial charge in [-0.1, -0.05) is 18.2 Å². The number of halogens is 2. The first kappa shape index (κ1) is 41.9. The molecule has 2 aromatic rings. The number of methoxy groups -OCH3 is 3. The topological polar surface area (TPSA) is 200 Å². The second-order valence-electron chi connectivity index (χ2n) is 13.3. The number of nitrogens with zero attached hydrogens (tertiary/aromatic N) is 3. The van der Waals surface area contributed by atoms with E-state index < -0.39 is 69.6 Å². The molecule has 3 aliphatic heterocycles. The van der Waals surface area contributed by atoms with Crippen LogP contribution in [0.3, 0.4) is 0 Å². The van der Waals surface area contributed by atoms with Gasteiger partial charge in [0.2, 0.25) is 12.5 Å². The van der Waals surface area contributed by atoms with Gasteiger partial charge in [0.1, 0.15) is 47.7 Å². The number of hydrogen-bond acceptors (Lipinski definition) is 16. The van der Waals surface area contributed by atoms with Crippen LogP contribution < -0.4 is 20.6 Å². The van der Waals surface area contributed by atoms with Crippen LogP contribution in [0.1, 0.15) is 19.1 Å². The number of hydrogen-bond donors (Lipinski definition) is 3. The van der Waals surface area contributed by atoms with Gasteiger partial charge >= 0.3 is 32.2 Å². The minimum absolute atomic E-state index is 0.217. The molecule has 7 atom stereocenters. The summed E-state index contributed by atoms with van der Waals surface area (Å²) in [6.45, 7) is 0.573. The Hall–Kier alpha value is -4.69. The van der Waals surface area contributed by atoms with Crippen molar-refractivity contribution in [3.05, 3.63) is 88.6 Å². The fraction of sp³-hybridized carbons (Fsp3) is 0.500. The Morgan fingerprint density at radius 3 is 2.54 bits per heavy atom. The number of para-hydroxylation sites is 1. The standard InChI is InChI=1S/C36H44F2N5O13P/c1-42-13-10-22(11-14-42)54-32(45)31(50-4)41-57(56-23-8-6-5-7-9-23)52-20-27-30(44)36(37,38)33(55-27)43-15-12-28(39-34(43)46)40-35(47)51-19-25-17-21-16-24(48-2)18-26(49-3)29(21)53-25/h5-9,12,15-18,21-22,27,29-31,33,41,44H,10-11,13-14,19-20H2,1-4H3,(H,39,40,46,47)/t21?,27?,29?,30-,31+,33?,57?/m1/s1. The second-order valence-corrected chi connectivity index (χ2v) is 14.5. The highest BCUT2D eigenvalue weighted by Gasteiger charge is 2.60. The molecule has 1 aliphatic carbocycles. The first-order valence-corrected chi connectivity index (χ1v) is 19.0. The Kier molecular flexibility index (Phi) is 13.8. The molecule has 6 rings (SSSR count). The van der Waals surface area contributed by atoms with Crippen LogP contribution in [0.25, 0.3) is 0 Å². The van der Waals surface area contributed by atoms with E-state index in [0.29, 0.717) is 40.4 Å². The largest absolute Gasteiger partial charge is 0.497 e. The lowest BCUT2D eigenvalue weighted by Crippen LogP contribution is -2.43. The summed E-state index contributed by atoms with van der Waals surface area (Å²) < 4.78 is 81.3. The van der Waals surface area contributed by atoms with E-state index in [9.17, 15) is 19.5 Å². The Labute approximate surface area is 327 Å². The van der Waals surface area contributed by atoms with Gasteiger partial charge in [0.05, 0.1) is 20.8 Å². The van der Waals surface area contributed by atoms with E-state index in [1.165, 1.54) is 21.3 Å². The number of likely N-dealkylation sites (tertiary alicyclic amines) is 1. The fourth-order valence-electron chi connectivity index (χ4n) is 6.29. The summed E-state index contributed by atoms with van der Waals surface area (Å²) in [4.78, 5) is 44.3. The van der Waals surface area contributed by atoms with E-state index in [2.05, 4.69) is 20.3 Å². The number of fused-ring (bicyclic) bond motifs is 1. The molecule has 57 heavy (non-hydrogen) atoms. The molecule has 1 aromatic heterocycles. The van der Waals surface area contributed by atoms with Crippen molar-refractivity contribution < 1.29 is 65.7 Å². The van der Waals surface area contributed by atoms with Gasteiger partial charge in [-0.05, 0) is 50.2 Å². The first-order chi connectivity index (χ1) is 27.4. The highest BCUT2D eigenvalue weighted by Crippen LogP contribution is 2.44. The molecular weight excluding hydrogens is 779 g/mol. The molecule has 21 heteroatoms. The van der Waals surface area contributed by atoms with Gasteiger partial charge in [0, 0.05) is 38.4 Å². The number of aromatic nitrogens is 2. The minimum Gasteiger partial charge on any atom is -0.497 e. The molecule has 2 fully saturated rings. The molecule has 0 spiro atoms. The Bertz CT molecular complexity index is 1880. The lowest BCUT2D eigenvalue weighted by Gasteiger charge is -2.30. The smallest absolute Gasteiger partial charge is 0.413 e. The summed E-state index contributed by atoms with van der Waals surface area (Å²) in [5.74, 6) is -3.46. The Morgan fingerprint density at radius 2 is 1.86 bits per heavy atom. The zero-order valence-corrected chi connectivity index (χ0v) is 32.3. The van der Waals surface area contributed by atoms with Gasteiger partial charge in [-0.15, -0.1) is 0 Å². The van der Waals surface area contributed by atoms with Gasteiger partial charge in [-0.2, -0.15) is 13.8 Å². The number of benzene rings is 1. The number of nitrogens with one attached hydrogen (secondary N) is 2. The molecule has 1 aromatic carbocycles. The van der Waals surface area contributed by atoms with Gasteiger partial charge in [-0.25, -0.2) is 19.5 Å². The molecule has 0 saturated carbocycles. The van der Waals surface area contributed by atoms with E-state index in [0.717, 1.165) is 25.4 Å². The van der Waals surface area contributed by atoms with Crippen LogP contribution in [0.2, 0.25) is 0 Å². The summed E-state index contributed by atoms with van der Waals surface area (Å²) in [7, 11) is 3.97. The van der Waals surface area contributed by atoms with Crippen LogP contribution in [0.5, 0.6) is 5.75 Å². The van der Waals surface area contributed by atoms with Crippen LogP contribution in [-0.4, -0.2) is 123 Å². The predicted molar refractivity (Wildman–Crippen MR) is 195 cm³/mol. The molecule has 2 saturated heterocycles. The summed E-state index contributed by atoms with van der Waals surface area (Å²) in [5, 5.41) is 15.7. The van der Waals surface area contributed by atoms with E-state index in [-0.39, 0.29) is 24.4 Å². The van der Waals surface area contributed by atoms with Crippen LogP contribution in [0.4, 0.5) is 19.4 Å². The maximum Gasteiger partial charge on any atom is 0.413 e. The maximum atomic E-state index is 15.5. The van der Waals surface area contributed by atoms with Crippen molar-refractivity contribution in [3.63, 3.8) is 0 Å². The Morgan fingerprint density at radius 1 is 1.11 bits per heavy atom. The number of ether oxygens (including phenoxy) is 7. The van der Waals surface area contributed by atoms with Crippen LogP contribution >= 0.6 is 8.53 Å². The number of carbonyl (C=O) groups is 2. The molecule has 0 radical (unpaired) electrons. The summed E-state index contributed by atoms with van der Waals surface area (Å²) in [6.07, 6.45) is -2.08. The number of rotatable bonds is 16. The van der Waals surface area contributed by atoms with Crippen molar-refractivity contribution in [2.24, 2.45) is 5.92 Å². The number of aliphatic hydroxyl groups is 1. The van der Waals surface area contributed by atoms with E-state index in [1.807, 2.05) is 13.1 Å². The number of allylic oxidation sites excluding steroid dienone is 1. The third kappa shape index (κ3) is 10.3. The summed E-state index contributed by atoms with van der Waals surface area (Å²) in [6, 6.07) is 9.43. The number of aliphatic hydroxyl groups excluding tert-OH is 1. The molecule has 3 N–H and O–H groups in total. The van der Waals surface area contributed by atoms with Crippen LogP contribution in [0.15, 0.2) is 82.9 Å². The average molecular weight is 824 g/mol. The van der Waals surface area contributed by atoms with Crippen molar-refractivity contribution >= 4 is 26.4 Å². The van der Waals surface area contributed by atoms with Crippen molar-refractivity contribution in [1.82, 2.24) is 19.5 Å². The van der Waals surface area contributed by atoms with E-state index in [4.69, 9.17) is 42.2 Å². The first-order valence-electron chi connectivity index (χ1n) is 17.9. The number of esters is 1. The van der Waals surface area contributed by atoms with Crippen molar-refractivity contribution in [2.45, 2.75) is 55.6 Å². The van der Waals surface area contributed by atoms with Crippen LogP contribution in [0, 0.1) is 5.92 Å². The quantitative estimate of drug-likeness (QED) is 0.127. The van der Waals surface area contributed by atoms with Crippen molar-refractivity contribution in [1.29, 1.82) is 0 Å². The van der Waals surface area contributed by atoms with Gasteiger partial charge in [-0.3, -0.25) is 9.88 Å². The van der Waals surface area contributed by atoms with Gasteiger partial charge in [0.25, 0.3) is 0 Å². The number of anilines is 1. The van der Waals surface area contributed by atoms with E-state index in [1.54, 1.807) is 42.5 Å². The second kappa shape index (κ2) is 18.7. The Balaban J connectivity index is 1.05. The predicted octanol–water partition coefficient (Wildman–Crippen LogP) is 3.18. The van der Waals surface area contributed by atoms with Crippen molar-refractivity contribution in [3.8, 4) is 5.75 Å². The SMILES string of the molecule is COC1=CC2C=C(COC(=O)Nc3ccn(C4OC(COP(N[C@@H](OC)C(=O)OC5CCN(C)CC5)Oc5ccccc5)[C@@H](O)C4(F)F)c(=O)n3)OC2C(OC)=C1. The number of carbonyl (C=O) groups excluding carboxylic acids is 2. The molecule has 1 amide bonds. The third-order valence-electron chi connectivity index (χ3n) is 9.35. The minimum atomic E-state index is -4.00. The monoisotopic (exact) mass is 823 g/mol. The van der Waals surface area contributed by atoms with Crippen LogP contribution in [-0.2, 0) is 42.5 Å². The highest BCUT2D eigenvalue weighted by molar-refractivity contribution is 7.45. The fourth-order valence-corrected chi connectivity index (χ4v) is 7.47. The lowest BCUT2D eigenvalue weighted by molar-refractivity contribution is -0.163. The normalized spacial score (nSPS) is 25.5. The number of amides is 1. The third-order valence-corrected chi connectivity index (χ3v) is 10.6. The highest BCUT2D eigenvalue weighted by atomic mass is 31.2. The molecular formula is C36H44F2N5O13P. The zero-order chi connectivity index (χ0) is 40.7. The van der Waals surface area contributed by atoms with Gasteiger partial charge in [0.15, 0.2) is 12.2 Å². The van der Waals surface area contributed by atoms with Crippen molar-refractivity contribution in [2.75, 3.05) is 60.0 Å². The lowest BCUT2D eigenvalue weighted by atomic mass is 9.96. The molecule has 0 bridgehead atoms. The number of alkyl halides is 2. The van der Waals surface area contributed by atoms with E-state index >= 15 is 8.78 Å². The maximum absolute atomic E-state index is 15.5. The summed E-state index contributed by atoms with van der Waals surface area (Å²) >= 11 is 0. The molecule has 310 valence electrons. The molecule has 18 nitrogen and oxygen atoms in total. The molecule has 4 heterocycles.